The van der Waals surface area contributed by atoms with Gasteiger partial charge in [0.2, 0.25) is 0 Å². The van der Waals surface area contributed by atoms with Crippen LogP contribution in [0.15, 0.2) is 59.6 Å². The molecule has 1 atom stereocenters. The number of benzene rings is 1. The molecule has 0 saturated carbocycles. The zero-order valence-electron chi connectivity index (χ0n) is 15.7. The van der Waals surface area contributed by atoms with Crippen molar-refractivity contribution in [1.29, 1.82) is 0 Å². The van der Waals surface area contributed by atoms with Gasteiger partial charge in [0.1, 0.15) is 17.3 Å². The van der Waals surface area contributed by atoms with Gasteiger partial charge < -0.3 is 9.80 Å². The van der Waals surface area contributed by atoms with Gasteiger partial charge in [-0.2, -0.15) is 5.10 Å². The van der Waals surface area contributed by atoms with E-state index in [4.69, 9.17) is 4.98 Å². The fourth-order valence-electron chi connectivity index (χ4n) is 4.06. The van der Waals surface area contributed by atoms with Gasteiger partial charge in [-0.3, -0.25) is 4.99 Å². The summed E-state index contributed by atoms with van der Waals surface area (Å²) in [7, 11) is 0. The van der Waals surface area contributed by atoms with Gasteiger partial charge in [-0.1, -0.05) is 12.1 Å². The molecule has 0 aliphatic carbocycles. The maximum absolute atomic E-state index is 13.7. The number of aromatic nitrogens is 3. The molecule has 0 amide bonds. The Labute approximate surface area is 162 Å². The number of nitrogens with zero attached hydrogens (tertiary/aromatic N) is 6. The highest BCUT2D eigenvalue weighted by atomic mass is 19.1. The summed E-state index contributed by atoms with van der Waals surface area (Å²) < 4.78 is 15.5. The van der Waals surface area contributed by atoms with E-state index >= 15 is 0 Å². The van der Waals surface area contributed by atoms with Crippen LogP contribution in [0.5, 0.6) is 0 Å². The third-order valence-corrected chi connectivity index (χ3v) is 5.34. The van der Waals surface area contributed by atoms with Crippen LogP contribution in [0.25, 0.3) is 5.65 Å². The first-order chi connectivity index (χ1) is 13.7. The van der Waals surface area contributed by atoms with Crippen molar-refractivity contribution in [2.24, 2.45) is 4.99 Å². The Morgan fingerprint density at radius 3 is 3.00 bits per heavy atom. The molecule has 1 aromatic carbocycles. The second-order valence-electron chi connectivity index (χ2n) is 7.22. The second kappa shape index (κ2) is 6.74. The Morgan fingerprint density at radius 1 is 1.21 bits per heavy atom. The zero-order chi connectivity index (χ0) is 19.1. The minimum absolute atomic E-state index is 0.140. The molecule has 7 heteroatoms. The third-order valence-electron chi connectivity index (χ3n) is 5.34. The van der Waals surface area contributed by atoms with Crippen LogP contribution < -0.4 is 9.80 Å². The molecule has 1 saturated heterocycles. The smallest absolute Gasteiger partial charge is 0.181 e. The molecule has 0 spiro atoms. The van der Waals surface area contributed by atoms with Crippen LogP contribution in [0, 0.1) is 5.82 Å². The summed E-state index contributed by atoms with van der Waals surface area (Å²) in [6.45, 7) is 3.57. The molecule has 0 unspecified atom stereocenters. The second-order valence-corrected chi connectivity index (χ2v) is 7.22. The largest absolute Gasteiger partial charge is 0.349 e. The van der Waals surface area contributed by atoms with Gasteiger partial charge in [-0.05, 0) is 43.5 Å². The van der Waals surface area contributed by atoms with Crippen LogP contribution in [0.2, 0.25) is 0 Å². The van der Waals surface area contributed by atoms with Crippen LogP contribution in [0.3, 0.4) is 0 Å². The third kappa shape index (κ3) is 2.93. The van der Waals surface area contributed by atoms with Crippen LogP contribution in [0.1, 0.15) is 31.4 Å². The number of fused-ring (bicyclic) bond motifs is 1. The predicted molar refractivity (Wildman–Crippen MR) is 108 cm³/mol. The number of aliphatic imine (C=N–C) groups is 1. The fourth-order valence-corrected chi connectivity index (χ4v) is 4.06. The molecule has 0 bridgehead atoms. The van der Waals surface area contributed by atoms with Crippen molar-refractivity contribution < 1.29 is 4.39 Å². The maximum Gasteiger partial charge on any atom is 0.181 e. The van der Waals surface area contributed by atoms with Gasteiger partial charge in [-0.25, -0.2) is 13.9 Å². The van der Waals surface area contributed by atoms with Gasteiger partial charge in [0.05, 0.1) is 24.5 Å². The fraction of sp³-hybridized carbons (Fsp3) is 0.286. The lowest BCUT2D eigenvalue weighted by molar-refractivity contribution is 0.618. The van der Waals surface area contributed by atoms with Crippen molar-refractivity contribution in [3.63, 3.8) is 0 Å². The minimum atomic E-state index is -0.195. The highest BCUT2D eigenvalue weighted by Gasteiger charge is 2.28. The van der Waals surface area contributed by atoms with Crippen molar-refractivity contribution in [3.8, 4) is 0 Å². The number of hydrogen-bond acceptors (Lipinski definition) is 5. The first kappa shape index (κ1) is 16.9. The summed E-state index contributed by atoms with van der Waals surface area (Å²) in [6.07, 6.45) is 9.73. The topological polar surface area (TPSA) is 49.0 Å². The number of anilines is 2. The Balaban J connectivity index is 1.52. The van der Waals surface area contributed by atoms with Gasteiger partial charge >= 0.3 is 0 Å². The number of halogens is 1. The molecule has 142 valence electrons. The number of hydrogen-bond donors (Lipinski definition) is 0. The average Bonchev–Trinajstić information content (AvgIpc) is 3.34. The molecule has 2 aromatic heterocycles. The molecule has 3 aromatic rings. The summed E-state index contributed by atoms with van der Waals surface area (Å²) >= 11 is 0. The summed E-state index contributed by atoms with van der Waals surface area (Å²) in [6, 6.07) is 9.02. The van der Waals surface area contributed by atoms with Crippen molar-refractivity contribution in [2.75, 3.05) is 22.9 Å². The monoisotopic (exact) mass is 376 g/mol. The van der Waals surface area contributed by atoms with Crippen LogP contribution >= 0.6 is 0 Å². The SMILES string of the molecule is CC1=CN(c2cnn3ccc(N4CCC[C@@H]4c4cccc(F)c4)nc23)CC=N1. The maximum atomic E-state index is 13.7. The van der Waals surface area contributed by atoms with Crippen molar-refractivity contribution in [1.82, 2.24) is 14.6 Å². The summed E-state index contributed by atoms with van der Waals surface area (Å²) in [5, 5.41) is 4.45. The van der Waals surface area contributed by atoms with Crippen molar-refractivity contribution >= 4 is 23.4 Å². The minimum Gasteiger partial charge on any atom is -0.349 e. The lowest BCUT2D eigenvalue weighted by Crippen LogP contribution is -2.24. The van der Waals surface area contributed by atoms with E-state index in [0.29, 0.717) is 6.54 Å². The van der Waals surface area contributed by atoms with E-state index in [-0.39, 0.29) is 11.9 Å². The predicted octanol–water partition coefficient (Wildman–Crippen LogP) is 3.96. The number of allylic oxidation sites excluding steroid dienone is 1. The van der Waals surface area contributed by atoms with Crippen molar-refractivity contribution in [2.45, 2.75) is 25.8 Å². The van der Waals surface area contributed by atoms with E-state index in [0.717, 1.165) is 47.8 Å². The van der Waals surface area contributed by atoms with Gasteiger partial charge in [0, 0.05) is 25.2 Å². The van der Waals surface area contributed by atoms with E-state index in [1.54, 1.807) is 16.6 Å². The lowest BCUT2D eigenvalue weighted by Gasteiger charge is -2.26. The molecule has 6 nitrogen and oxygen atoms in total. The van der Waals surface area contributed by atoms with Crippen molar-refractivity contribution in [3.05, 3.63) is 66.0 Å². The molecule has 4 heterocycles. The van der Waals surface area contributed by atoms with Crippen LogP contribution in [0.4, 0.5) is 15.9 Å². The molecule has 5 rings (SSSR count). The first-order valence-electron chi connectivity index (χ1n) is 9.53. The molecule has 0 N–H and O–H groups in total. The van der Waals surface area contributed by atoms with E-state index < -0.39 is 0 Å². The molecular weight excluding hydrogens is 355 g/mol. The van der Waals surface area contributed by atoms with E-state index in [2.05, 4.69) is 19.9 Å². The van der Waals surface area contributed by atoms with Crippen LogP contribution in [-0.4, -0.2) is 33.9 Å². The molecule has 2 aliphatic rings. The van der Waals surface area contributed by atoms with E-state index in [1.807, 2.05) is 43.9 Å². The summed E-state index contributed by atoms with van der Waals surface area (Å²) in [5.41, 5.74) is 3.71. The molecule has 2 aliphatic heterocycles. The van der Waals surface area contributed by atoms with E-state index in [1.165, 1.54) is 6.07 Å². The zero-order valence-corrected chi connectivity index (χ0v) is 15.7. The van der Waals surface area contributed by atoms with Gasteiger partial charge in [0.15, 0.2) is 5.65 Å². The highest BCUT2D eigenvalue weighted by Crippen LogP contribution is 2.36. The van der Waals surface area contributed by atoms with Crippen LogP contribution in [-0.2, 0) is 0 Å². The van der Waals surface area contributed by atoms with Gasteiger partial charge in [-0.15, -0.1) is 0 Å². The number of rotatable bonds is 3. The molecule has 0 radical (unpaired) electrons. The first-order valence-corrected chi connectivity index (χ1v) is 9.53. The van der Waals surface area contributed by atoms with Gasteiger partial charge in [0.25, 0.3) is 0 Å². The molecule has 28 heavy (non-hydrogen) atoms. The Morgan fingerprint density at radius 2 is 2.14 bits per heavy atom. The standard InChI is InChI=1S/C21H21FN6/c1-15-14-26(11-8-23-15)19-13-24-28-10-7-20(25-21(19)28)27-9-3-6-18(27)16-4-2-5-17(22)12-16/h2,4-5,7-8,10,12-14,18H,3,6,9,11H2,1H3/t18-/m1/s1. The molecular formula is C21H21FN6. The molecule has 1 fully saturated rings. The Hall–Kier alpha value is -3.22. The lowest BCUT2D eigenvalue weighted by atomic mass is 10.0. The quantitative estimate of drug-likeness (QED) is 0.694. The van der Waals surface area contributed by atoms with E-state index in [9.17, 15) is 4.39 Å². The summed E-state index contributed by atoms with van der Waals surface area (Å²) in [4.78, 5) is 13.6. The Bertz CT molecular complexity index is 1090. The Kier molecular flexibility index (Phi) is 4.07. The average molecular weight is 376 g/mol. The summed E-state index contributed by atoms with van der Waals surface area (Å²) in [5.74, 6) is 0.701. The normalized spacial score (nSPS) is 19.5. The highest BCUT2D eigenvalue weighted by molar-refractivity contribution is 5.77.